The van der Waals surface area contributed by atoms with Crippen LogP contribution in [0.1, 0.15) is 52.4 Å². The van der Waals surface area contributed by atoms with Gasteiger partial charge in [0, 0.05) is 6.42 Å². The normalized spacial score (nSPS) is 36.7. The number of fused-ring (bicyclic) bond motifs is 1. The topological polar surface area (TPSA) is 97.3 Å². The monoisotopic (exact) mass is 343 g/mol. The Hall–Kier alpha value is -0.730. The third-order valence-electron chi connectivity index (χ3n) is 5.24. The van der Waals surface area contributed by atoms with Crippen molar-refractivity contribution in [2.75, 3.05) is 6.61 Å². The van der Waals surface area contributed by atoms with E-state index in [0.717, 1.165) is 6.42 Å². The summed E-state index contributed by atoms with van der Waals surface area (Å²) in [4.78, 5) is 12.4. The molecular weight excluding hydrogens is 314 g/mol. The minimum absolute atomic E-state index is 0.0698. The maximum absolute atomic E-state index is 12.4. The molecular formula is C17H29NO6. The molecule has 0 radical (unpaired) electrons. The van der Waals surface area contributed by atoms with Gasteiger partial charge in [0.15, 0.2) is 12.1 Å². The summed E-state index contributed by atoms with van der Waals surface area (Å²) in [5.74, 6) is -0.219. The zero-order valence-electron chi connectivity index (χ0n) is 14.4. The summed E-state index contributed by atoms with van der Waals surface area (Å²) in [6.07, 6.45) is 3.34. The van der Waals surface area contributed by atoms with E-state index in [1.54, 1.807) is 13.8 Å². The minimum Gasteiger partial charge on any atom is -0.394 e. The quantitative estimate of drug-likeness (QED) is 0.656. The van der Waals surface area contributed by atoms with Crippen molar-refractivity contribution in [1.29, 1.82) is 0 Å². The first-order valence-electron chi connectivity index (χ1n) is 8.99. The van der Waals surface area contributed by atoms with Gasteiger partial charge in [0.1, 0.15) is 18.3 Å². The summed E-state index contributed by atoms with van der Waals surface area (Å²) < 4.78 is 17.2. The van der Waals surface area contributed by atoms with Crippen LogP contribution in [0.2, 0.25) is 0 Å². The second-order valence-corrected chi connectivity index (χ2v) is 7.60. The number of aliphatic hydroxyl groups excluding tert-OH is 2. The van der Waals surface area contributed by atoms with Crippen molar-refractivity contribution in [3.05, 3.63) is 0 Å². The van der Waals surface area contributed by atoms with E-state index in [0.29, 0.717) is 12.3 Å². The van der Waals surface area contributed by atoms with Crippen LogP contribution in [0.25, 0.3) is 0 Å². The number of amides is 1. The highest BCUT2D eigenvalue weighted by Gasteiger charge is 2.56. The van der Waals surface area contributed by atoms with E-state index in [-0.39, 0.29) is 5.91 Å². The van der Waals surface area contributed by atoms with Crippen LogP contribution in [-0.4, -0.2) is 59.2 Å². The van der Waals surface area contributed by atoms with Crippen LogP contribution < -0.4 is 5.32 Å². The Balaban J connectivity index is 1.59. The number of rotatable bonds is 6. The van der Waals surface area contributed by atoms with Gasteiger partial charge >= 0.3 is 0 Å². The third-order valence-corrected chi connectivity index (χ3v) is 5.24. The van der Waals surface area contributed by atoms with E-state index in [4.69, 9.17) is 14.2 Å². The summed E-state index contributed by atoms with van der Waals surface area (Å²) >= 11 is 0. The highest BCUT2D eigenvalue weighted by molar-refractivity contribution is 5.76. The molecule has 7 nitrogen and oxygen atoms in total. The van der Waals surface area contributed by atoms with Crippen molar-refractivity contribution in [1.82, 2.24) is 5.32 Å². The fraction of sp³-hybridized carbons (Fsp3) is 0.941. The standard InChI is InChI=1S/C17H29NO6/c1-17(2)23-15-13(14(11(20)9-19)22-16(15)24-17)18-12(21)8-7-10-5-3-4-6-10/h10-11,13-16,19-20H,3-9H2,1-2H3,(H,18,21)/t11-,13+,14-,15-,16-/m1/s1. The molecule has 0 unspecified atom stereocenters. The molecule has 3 rings (SSSR count). The first-order valence-corrected chi connectivity index (χ1v) is 8.99. The minimum atomic E-state index is -1.09. The van der Waals surface area contributed by atoms with Gasteiger partial charge in [0.2, 0.25) is 5.91 Å². The van der Waals surface area contributed by atoms with Gasteiger partial charge in [-0.05, 0) is 26.2 Å². The van der Waals surface area contributed by atoms with Gasteiger partial charge in [0.05, 0.1) is 12.6 Å². The fourth-order valence-electron chi connectivity index (χ4n) is 4.02. The molecule has 1 saturated carbocycles. The molecule has 0 aromatic heterocycles. The summed E-state index contributed by atoms with van der Waals surface area (Å²) in [6.45, 7) is 3.12. The van der Waals surface area contributed by atoms with Crippen LogP contribution >= 0.6 is 0 Å². The lowest BCUT2D eigenvalue weighted by Crippen LogP contribution is -2.52. The Morgan fingerprint density at radius 3 is 2.67 bits per heavy atom. The maximum Gasteiger partial charge on any atom is 0.220 e. The zero-order valence-corrected chi connectivity index (χ0v) is 14.4. The molecule has 2 saturated heterocycles. The summed E-state index contributed by atoms with van der Waals surface area (Å²) in [7, 11) is 0. The number of carbonyl (C=O) groups excluding carboxylic acids is 1. The van der Waals surface area contributed by atoms with Crippen LogP contribution in [0.15, 0.2) is 0 Å². The lowest BCUT2D eigenvalue weighted by atomic mass is 10.00. The van der Waals surface area contributed by atoms with Crippen LogP contribution in [0, 0.1) is 5.92 Å². The smallest absolute Gasteiger partial charge is 0.220 e. The van der Waals surface area contributed by atoms with Gasteiger partial charge < -0.3 is 29.7 Å². The molecule has 0 aromatic carbocycles. The number of aliphatic hydroxyl groups is 2. The highest BCUT2D eigenvalue weighted by atomic mass is 16.8. The fourth-order valence-corrected chi connectivity index (χ4v) is 4.02. The van der Waals surface area contributed by atoms with Gasteiger partial charge in [-0.1, -0.05) is 25.7 Å². The van der Waals surface area contributed by atoms with E-state index in [2.05, 4.69) is 5.32 Å². The number of ether oxygens (including phenoxy) is 3. The van der Waals surface area contributed by atoms with Crippen LogP contribution in [0.5, 0.6) is 0 Å². The average Bonchev–Trinajstić information content (AvgIpc) is 3.21. The van der Waals surface area contributed by atoms with Crippen molar-refractivity contribution >= 4 is 5.91 Å². The van der Waals surface area contributed by atoms with Crippen molar-refractivity contribution in [2.24, 2.45) is 5.92 Å². The molecule has 1 aliphatic carbocycles. The third kappa shape index (κ3) is 3.91. The lowest BCUT2D eigenvalue weighted by Gasteiger charge is -2.28. The molecule has 0 aromatic rings. The molecule has 138 valence electrons. The first kappa shape index (κ1) is 18.1. The highest BCUT2D eigenvalue weighted by Crippen LogP contribution is 2.38. The number of hydrogen-bond donors (Lipinski definition) is 3. The largest absolute Gasteiger partial charge is 0.394 e. The Bertz CT molecular complexity index is 450. The Labute approximate surface area is 142 Å². The lowest BCUT2D eigenvalue weighted by molar-refractivity contribution is -0.218. The Morgan fingerprint density at radius 2 is 2.00 bits per heavy atom. The Kier molecular flexibility index (Phi) is 5.46. The van der Waals surface area contributed by atoms with Gasteiger partial charge in [0.25, 0.3) is 0 Å². The van der Waals surface area contributed by atoms with Crippen molar-refractivity contribution in [3.63, 3.8) is 0 Å². The molecule has 7 heteroatoms. The molecule has 3 aliphatic rings. The number of hydrogen-bond acceptors (Lipinski definition) is 6. The van der Waals surface area contributed by atoms with Crippen LogP contribution in [-0.2, 0) is 19.0 Å². The summed E-state index contributed by atoms with van der Waals surface area (Å²) in [5, 5.41) is 22.2. The number of nitrogens with one attached hydrogen (secondary N) is 1. The predicted molar refractivity (Wildman–Crippen MR) is 84.9 cm³/mol. The maximum atomic E-state index is 12.4. The van der Waals surface area contributed by atoms with Crippen LogP contribution in [0.4, 0.5) is 0 Å². The van der Waals surface area contributed by atoms with E-state index in [1.165, 1.54) is 25.7 Å². The molecule has 5 atom stereocenters. The van der Waals surface area contributed by atoms with E-state index in [1.807, 2.05) is 0 Å². The van der Waals surface area contributed by atoms with E-state index >= 15 is 0 Å². The second-order valence-electron chi connectivity index (χ2n) is 7.60. The summed E-state index contributed by atoms with van der Waals surface area (Å²) in [6, 6.07) is -0.532. The molecule has 3 fully saturated rings. The Morgan fingerprint density at radius 1 is 1.29 bits per heavy atom. The molecule has 3 N–H and O–H groups in total. The second kappa shape index (κ2) is 7.25. The van der Waals surface area contributed by atoms with E-state index in [9.17, 15) is 15.0 Å². The van der Waals surface area contributed by atoms with Crippen molar-refractivity contribution in [3.8, 4) is 0 Å². The molecule has 2 aliphatic heterocycles. The molecule has 0 spiro atoms. The predicted octanol–water partition coefficient (Wildman–Crippen LogP) is 0.671. The molecule has 0 bridgehead atoms. The van der Waals surface area contributed by atoms with Gasteiger partial charge in [-0.15, -0.1) is 0 Å². The zero-order chi connectivity index (χ0) is 17.3. The van der Waals surface area contributed by atoms with E-state index < -0.39 is 43.0 Å². The van der Waals surface area contributed by atoms with Crippen LogP contribution in [0.3, 0.4) is 0 Å². The molecule has 2 heterocycles. The van der Waals surface area contributed by atoms with Crippen molar-refractivity contribution < 1.29 is 29.2 Å². The molecule has 1 amide bonds. The summed E-state index contributed by atoms with van der Waals surface area (Å²) in [5.41, 5.74) is 0. The number of carbonyl (C=O) groups is 1. The average molecular weight is 343 g/mol. The van der Waals surface area contributed by atoms with Gasteiger partial charge in [-0.25, -0.2) is 0 Å². The van der Waals surface area contributed by atoms with Gasteiger partial charge in [-0.2, -0.15) is 0 Å². The van der Waals surface area contributed by atoms with Gasteiger partial charge in [-0.3, -0.25) is 4.79 Å². The first-order chi connectivity index (χ1) is 11.4. The SMILES string of the molecule is CC1(C)O[C@H]2O[C@H]([C@H](O)CO)[C@H](NC(=O)CCC3CCCC3)[C@H]2O1. The molecule has 24 heavy (non-hydrogen) atoms. The van der Waals surface area contributed by atoms with Crippen molar-refractivity contribution in [2.45, 2.75) is 88.8 Å².